The monoisotopic (exact) mass is 205 g/mol. The molecule has 1 aromatic heterocycles. The predicted octanol–water partition coefficient (Wildman–Crippen LogP) is 1.90. The van der Waals surface area contributed by atoms with Gasteiger partial charge in [0, 0.05) is 5.56 Å². The van der Waals surface area contributed by atoms with E-state index in [9.17, 15) is 0 Å². The third-order valence-corrected chi connectivity index (χ3v) is 3.25. The summed E-state index contributed by atoms with van der Waals surface area (Å²) in [5.74, 6) is 1.87. The molecule has 0 fully saturated rings. The van der Waals surface area contributed by atoms with Crippen LogP contribution in [-0.2, 0) is 19.3 Å². The van der Waals surface area contributed by atoms with Gasteiger partial charge in [0.25, 0.3) is 0 Å². The SMILES string of the molecule is COc1c2c(nc3c1CCCO3)CCC2. The number of hydrogen-bond acceptors (Lipinski definition) is 3. The number of nitrogens with zero attached hydrogens (tertiary/aromatic N) is 1. The van der Waals surface area contributed by atoms with Crippen molar-refractivity contribution in [1.82, 2.24) is 4.98 Å². The molecule has 0 saturated heterocycles. The van der Waals surface area contributed by atoms with Crippen molar-refractivity contribution in [2.75, 3.05) is 13.7 Å². The third-order valence-electron chi connectivity index (χ3n) is 3.25. The number of pyridine rings is 1. The topological polar surface area (TPSA) is 31.4 Å². The quantitative estimate of drug-likeness (QED) is 0.701. The molecule has 2 aliphatic rings. The van der Waals surface area contributed by atoms with Gasteiger partial charge in [-0.15, -0.1) is 0 Å². The first-order valence-electron chi connectivity index (χ1n) is 5.61. The van der Waals surface area contributed by atoms with Crippen LogP contribution in [0.2, 0.25) is 0 Å². The zero-order valence-electron chi connectivity index (χ0n) is 9.01. The maximum absolute atomic E-state index is 5.60. The molecule has 80 valence electrons. The molecule has 0 N–H and O–H groups in total. The first-order chi connectivity index (χ1) is 7.40. The molecule has 3 nitrogen and oxygen atoms in total. The Kier molecular flexibility index (Phi) is 2.04. The summed E-state index contributed by atoms with van der Waals surface area (Å²) in [7, 11) is 1.75. The van der Waals surface area contributed by atoms with E-state index in [-0.39, 0.29) is 0 Å². The fraction of sp³-hybridized carbons (Fsp3) is 0.583. The smallest absolute Gasteiger partial charge is 0.220 e. The molecule has 1 aliphatic carbocycles. The largest absolute Gasteiger partial charge is 0.496 e. The molecule has 1 aromatic rings. The molecule has 3 heteroatoms. The summed E-state index contributed by atoms with van der Waals surface area (Å²) >= 11 is 0. The van der Waals surface area contributed by atoms with Crippen molar-refractivity contribution in [1.29, 1.82) is 0 Å². The maximum Gasteiger partial charge on any atom is 0.220 e. The lowest BCUT2D eigenvalue weighted by atomic mass is 10.0. The molecule has 0 bridgehead atoms. The van der Waals surface area contributed by atoms with Gasteiger partial charge in [0.1, 0.15) is 5.75 Å². The molecule has 0 amide bonds. The van der Waals surface area contributed by atoms with Gasteiger partial charge in [-0.3, -0.25) is 0 Å². The number of aryl methyl sites for hydroxylation is 1. The van der Waals surface area contributed by atoms with Gasteiger partial charge < -0.3 is 9.47 Å². The van der Waals surface area contributed by atoms with E-state index in [1.807, 2.05) is 0 Å². The minimum Gasteiger partial charge on any atom is -0.496 e. The standard InChI is InChI=1S/C12H15NO2/c1-14-11-8-4-2-6-10(8)13-12-9(11)5-3-7-15-12/h2-7H2,1H3. The highest BCUT2D eigenvalue weighted by Gasteiger charge is 2.25. The predicted molar refractivity (Wildman–Crippen MR) is 56.6 cm³/mol. The Hall–Kier alpha value is -1.25. The van der Waals surface area contributed by atoms with Gasteiger partial charge in [0.15, 0.2) is 0 Å². The van der Waals surface area contributed by atoms with Gasteiger partial charge in [-0.1, -0.05) is 0 Å². The lowest BCUT2D eigenvalue weighted by Crippen LogP contribution is -2.13. The third kappa shape index (κ3) is 1.29. The zero-order chi connectivity index (χ0) is 10.3. The number of aromatic nitrogens is 1. The molecular weight excluding hydrogens is 190 g/mol. The Morgan fingerprint density at radius 3 is 2.87 bits per heavy atom. The lowest BCUT2D eigenvalue weighted by molar-refractivity contribution is 0.269. The second-order valence-electron chi connectivity index (χ2n) is 4.16. The summed E-state index contributed by atoms with van der Waals surface area (Å²) in [5.41, 5.74) is 3.69. The van der Waals surface area contributed by atoms with Gasteiger partial charge in [-0.2, -0.15) is 0 Å². The first-order valence-corrected chi connectivity index (χ1v) is 5.61. The van der Waals surface area contributed by atoms with E-state index >= 15 is 0 Å². The van der Waals surface area contributed by atoms with Crippen LogP contribution in [0.3, 0.4) is 0 Å². The molecule has 0 atom stereocenters. The van der Waals surface area contributed by atoms with E-state index < -0.39 is 0 Å². The average molecular weight is 205 g/mol. The summed E-state index contributed by atoms with van der Waals surface area (Å²) in [4.78, 5) is 4.60. The Morgan fingerprint density at radius 1 is 1.13 bits per heavy atom. The van der Waals surface area contributed by atoms with Crippen LogP contribution < -0.4 is 9.47 Å². The fourth-order valence-corrected chi connectivity index (χ4v) is 2.57. The van der Waals surface area contributed by atoms with Crippen LogP contribution in [0.4, 0.5) is 0 Å². The molecule has 1 aliphatic heterocycles. The number of methoxy groups -OCH3 is 1. The van der Waals surface area contributed by atoms with Gasteiger partial charge >= 0.3 is 0 Å². The number of fused-ring (bicyclic) bond motifs is 2. The lowest BCUT2D eigenvalue weighted by Gasteiger charge is -2.20. The fourth-order valence-electron chi connectivity index (χ4n) is 2.57. The number of ether oxygens (including phenoxy) is 2. The Bertz CT molecular complexity index is 401. The highest BCUT2D eigenvalue weighted by Crippen LogP contribution is 2.39. The molecule has 0 radical (unpaired) electrons. The maximum atomic E-state index is 5.60. The minimum atomic E-state index is 0.794. The van der Waals surface area contributed by atoms with Crippen LogP contribution in [-0.4, -0.2) is 18.7 Å². The van der Waals surface area contributed by atoms with Crippen LogP contribution >= 0.6 is 0 Å². The molecule has 0 unspecified atom stereocenters. The van der Waals surface area contributed by atoms with Gasteiger partial charge in [0.05, 0.1) is 25.0 Å². The Labute approximate surface area is 89.4 Å². The average Bonchev–Trinajstić information content (AvgIpc) is 2.73. The van der Waals surface area contributed by atoms with Crippen LogP contribution in [0, 0.1) is 0 Å². The van der Waals surface area contributed by atoms with E-state index in [4.69, 9.17) is 9.47 Å². The van der Waals surface area contributed by atoms with Crippen molar-refractivity contribution in [3.05, 3.63) is 16.8 Å². The van der Waals surface area contributed by atoms with Crippen LogP contribution in [0.25, 0.3) is 0 Å². The molecule has 3 rings (SSSR count). The Balaban J connectivity index is 2.19. The highest BCUT2D eigenvalue weighted by molar-refractivity contribution is 5.51. The summed E-state index contributed by atoms with van der Waals surface area (Å²) in [5, 5.41) is 0. The second kappa shape index (κ2) is 3.40. The van der Waals surface area contributed by atoms with Crippen molar-refractivity contribution in [2.24, 2.45) is 0 Å². The summed E-state index contributed by atoms with van der Waals surface area (Å²) in [6.07, 6.45) is 5.49. The van der Waals surface area contributed by atoms with Crippen molar-refractivity contribution in [2.45, 2.75) is 32.1 Å². The summed E-state index contributed by atoms with van der Waals surface area (Å²) < 4.78 is 11.1. The number of hydrogen-bond donors (Lipinski definition) is 0. The first kappa shape index (κ1) is 9.01. The van der Waals surface area contributed by atoms with Gasteiger partial charge in [0.2, 0.25) is 5.88 Å². The van der Waals surface area contributed by atoms with Crippen LogP contribution in [0.1, 0.15) is 29.7 Å². The van der Waals surface area contributed by atoms with Crippen molar-refractivity contribution in [3.8, 4) is 11.6 Å². The van der Waals surface area contributed by atoms with Crippen LogP contribution in [0.5, 0.6) is 11.6 Å². The van der Waals surface area contributed by atoms with Gasteiger partial charge in [-0.05, 0) is 32.1 Å². The van der Waals surface area contributed by atoms with Crippen molar-refractivity contribution >= 4 is 0 Å². The normalized spacial score (nSPS) is 17.9. The zero-order valence-corrected chi connectivity index (χ0v) is 9.01. The van der Waals surface area contributed by atoms with Crippen molar-refractivity contribution in [3.63, 3.8) is 0 Å². The second-order valence-corrected chi connectivity index (χ2v) is 4.16. The molecule has 0 aromatic carbocycles. The molecular formula is C12H15NO2. The van der Waals surface area contributed by atoms with E-state index in [1.54, 1.807) is 7.11 Å². The molecule has 0 spiro atoms. The number of rotatable bonds is 1. The highest BCUT2D eigenvalue weighted by atomic mass is 16.5. The summed E-state index contributed by atoms with van der Waals surface area (Å²) in [6, 6.07) is 0. The van der Waals surface area contributed by atoms with E-state index in [0.717, 1.165) is 43.9 Å². The Morgan fingerprint density at radius 2 is 2.00 bits per heavy atom. The van der Waals surface area contributed by atoms with E-state index in [1.165, 1.54) is 23.2 Å². The van der Waals surface area contributed by atoms with Crippen LogP contribution in [0.15, 0.2) is 0 Å². The van der Waals surface area contributed by atoms with E-state index in [0.29, 0.717) is 0 Å². The molecule has 0 saturated carbocycles. The van der Waals surface area contributed by atoms with E-state index in [2.05, 4.69) is 4.98 Å². The summed E-state index contributed by atoms with van der Waals surface area (Å²) in [6.45, 7) is 0.794. The minimum absolute atomic E-state index is 0.794. The molecule has 15 heavy (non-hydrogen) atoms. The molecule has 2 heterocycles. The van der Waals surface area contributed by atoms with Gasteiger partial charge in [-0.25, -0.2) is 4.98 Å². The van der Waals surface area contributed by atoms with Crippen molar-refractivity contribution < 1.29 is 9.47 Å².